The van der Waals surface area contributed by atoms with E-state index >= 15 is 0 Å². The Kier molecular flexibility index (Phi) is 4.16. The van der Waals surface area contributed by atoms with E-state index in [2.05, 4.69) is 38.5 Å². The Hall–Kier alpha value is -1.51. The largest absolute Gasteiger partial charge is 0.513 e. The molecular weight excluding hydrogens is 216 g/mol. The van der Waals surface area contributed by atoms with Crippen LogP contribution in [-0.2, 0) is 16.6 Å². The van der Waals surface area contributed by atoms with Gasteiger partial charge in [0.05, 0.1) is 7.11 Å². The first-order valence-corrected chi connectivity index (χ1v) is 5.77. The minimum absolute atomic E-state index is 0.0749. The van der Waals surface area contributed by atoms with Crippen LogP contribution in [0.1, 0.15) is 38.8 Å². The quantitative estimate of drug-likeness (QED) is 0.580. The smallest absolute Gasteiger partial charge is 0.437 e. The standard InChI is InChI=1S/C14H20O3/c1-6-10-7-8-12(17-13(15)16-5)11(9-10)14(2,3)4/h7-9H,6H2,1-5H3. The summed E-state index contributed by atoms with van der Waals surface area (Å²) in [6.45, 7) is 8.37. The highest BCUT2D eigenvalue weighted by molar-refractivity contribution is 5.64. The van der Waals surface area contributed by atoms with Crippen molar-refractivity contribution in [2.45, 2.75) is 39.5 Å². The second-order valence-corrected chi connectivity index (χ2v) is 4.99. The first-order valence-electron chi connectivity index (χ1n) is 5.77. The molecule has 0 fully saturated rings. The van der Waals surface area contributed by atoms with Crippen LogP contribution in [0.5, 0.6) is 5.75 Å². The van der Waals surface area contributed by atoms with E-state index in [9.17, 15) is 4.79 Å². The van der Waals surface area contributed by atoms with E-state index in [1.807, 2.05) is 12.1 Å². The molecule has 17 heavy (non-hydrogen) atoms. The number of ether oxygens (including phenoxy) is 2. The molecule has 0 aliphatic heterocycles. The molecule has 0 saturated heterocycles. The van der Waals surface area contributed by atoms with Gasteiger partial charge in [-0.05, 0) is 23.5 Å². The van der Waals surface area contributed by atoms with Crippen LogP contribution >= 0.6 is 0 Å². The van der Waals surface area contributed by atoms with E-state index in [1.54, 1.807) is 0 Å². The van der Waals surface area contributed by atoms with Crippen LogP contribution in [-0.4, -0.2) is 13.3 Å². The Balaban J connectivity index is 3.16. The van der Waals surface area contributed by atoms with E-state index < -0.39 is 6.16 Å². The lowest BCUT2D eigenvalue weighted by molar-refractivity contribution is 0.120. The molecule has 0 N–H and O–H groups in total. The van der Waals surface area contributed by atoms with Gasteiger partial charge in [-0.15, -0.1) is 0 Å². The van der Waals surface area contributed by atoms with E-state index in [-0.39, 0.29) is 5.41 Å². The zero-order valence-corrected chi connectivity index (χ0v) is 11.2. The Labute approximate surface area is 103 Å². The summed E-state index contributed by atoms with van der Waals surface area (Å²) in [5.74, 6) is 0.571. The second-order valence-electron chi connectivity index (χ2n) is 4.99. The first kappa shape index (κ1) is 13.6. The number of hydrogen-bond acceptors (Lipinski definition) is 3. The van der Waals surface area contributed by atoms with Crippen LogP contribution in [0.15, 0.2) is 18.2 Å². The molecule has 1 aromatic carbocycles. The van der Waals surface area contributed by atoms with Crippen molar-refractivity contribution in [2.24, 2.45) is 0 Å². The third-order valence-corrected chi connectivity index (χ3v) is 2.62. The maximum atomic E-state index is 11.2. The van der Waals surface area contributed by atoms with E-state index in [1.165, 1.54) is 12.7 Å². The zero-order chi connectivity index (χ0) is 13.1. The van der Waals surface area contributed by atoms with Gasteiger partial charge in [0, 0.05) is 5.56 Å². The van der Waals surface area contributed by atoms with Crippen molar-refractivity contribution >= 4 is 6.16 Å². The Morgan fingerprint density at radius 2 is 1.94 bits per heavy atom. The monoisotopic (exact) mass is 236 g/mol. The second kappa shape index (κ2) is 5.21. The Morgan fingerprint density at radius 1 is 1.29 bits per heavy atom. The van der Waals surface area contributed by atoms with Crippen molar-refractivity contribution in [1.82, 2.24) is 0 Å². The van der Waals surface area contributed by atoms with Gasteiger partial charge in [-0.2, -0.15) is 0 Å². The molecule has 0 radical (unpaired) electrons. The molecule has 1 aromatic rings. The molecule has 0 bridgehead atoms. The molecule has 0 aliphatic rings. The zero-order valence-electron chi connectivity index (χ0n) is 11.2. The number of carbonyl (C=O) groups excluding carboxylic acids is 1. The summed E-state index contributed by atoms with van der Waals surface area (Å²) < 4.78 is 9.68. The molecule has 0 atom stereocenters. The SMILES string of the molecule is CCc1ccc(OC(=O)OC)c(C(C)(C)C)c1. The van der Waals surface area contributed by atoms with Crippen molar-refractivity contribution in [3.05, 3.63) is 29.3 Å². The molecule has 3 nitrogen and oxygen atoms in total. The highest BCUT2D eigenvalue weighted by Gasteiger charge is 2.21. The third-order valence-electron chi connectivity index (χ3n) is 2.62. The first-order chi connectivity index (χ1) is 7.88. The van der Waals surface area contributed by atoms with E-state index in [0.717, 1.165) is 12.0 Å². The van der Waals surface area contributed by atoms with Crippen LogP contribution in [0.4, 0.5) is 4.79 Å². The average Bonchev–Trinajstić information content (AvgIpc) is 2.28. The van der Waals surface area contributed by atoms with Gasteiger partial charge in [0.25, 0.3) is 0 Å². The van der Waals surface area contributed by atoms with Crippen molar-refractivity contribution in [2.75, 3.05) is 7.11 Å². The predicted octanol–water partition coefficient (Wildman–Crippen LogP) is 3.69. The highest BCUT2D eigenvalue weighted by atomic mass is 16.7. The van der Waals surface area contributed by atoms with Gasteiger partial charge in [-0.1, -0.05) is 39.8 Å². The summed E-state index contributed by atoms with van der Waals surface area (Å²) in [4.78, 5) is 11.2. The number of aryl methyl sites for hydroxylation is 1. The van der Waals surface area contributed by atoms with Gasteiger partial charge in [0.15, 0.2) is 0 Å². The lowest BCUT2D eigenvalue weighted by atomic mass is 9.85. The average molecular weight is 236 g/mol. The number of rotatable bonds is 2. The van der Waals surface area contributed by atoms with Crippen LogP contribution < -0.4 is 4.74 Å². The topological polar surface area (TPSA) is 35.5 Å². The molecule has 0 amide bonds. The number of methoxy groups -OCH3 is 1. The molecular formula is C14H20O3. The van der Waals surface area contributed by atoms with Gasteiger partial charge in [0.2, 0.25) is 0 Å². The summed E-state index contributed by atoms with van der Waals surface area (Å²) >= 11 is 0. The van der Waals surface area contributed by atoms with Crippen molar-refractivity contribution in [3.8, 4) is 5.75 Å². The molecule has 0 spiro atoms. The fraction of sp³-hybridized carbons (Fsp3) is 0.500. The highest BCUT2D eigenvalue weighted by Crippen LogP contribution is 2.32. The third kappa shape index (κ3) is 3.48. The summed E-state index contributed by atoms with van der Waals surface area (Å²) in [6.07, 6.45) is 0.279. The van der Waals surface area contributed by atoms with Crippen LogP contribution in [0.3, 0.4) is 0 Å². The maximum Gasteiger partial charge on any atom is 0.513 e. The minimum atomic E-state index is -0.681. The van der Waals surface area contributed by atoms with Crippen molar-refractivity contribution in [1.29, 1.82) is 0 Å². The fourth-order valence-electron chi connectivity index (χ4n) is 1.60. The Morgan fingerprint density at radius 3 is 2.41 bits per heavy atom. The maximum absolute atomic E-state index is 11.2. The molecule has 1 rings (SSSR count). The van der Waals surface area contributed by atoms with Crippen molar-refractivity contribution in [3.63, 3.8) is 0 Å². The van der Waals surface area contributed by atoms with Gasteiger partial charge in [0.1, 0.15) is 5.75 Å². The number of benzene rings is 1. The molecule has 0 unspecified atom stereocenters. The van der Waals surface area contributed by atoms with Crippen molar-refractivity contribution < 1.29 is 14.3 Å². The molecule has 0 heterocycles. The van der Waals surface area contributed by atoms with E-state index in [4.69, 9.17) is 4.74 Å². The summed E-state index contributed by atoms with van der Waals surface area (Å²) in [6, 6.07) is 5.88. The minimum Gasteiger partial charge on any atom is -0.437 e. The van der Waals surface area contributed by atoms with E-state index in [0.29, 0.717) is 5.75 Å². The lowest BCUT2D eigenvalue weighted by Gasteiger charge is -2.22. The Bertz CT molecular complexity index is 402. The molecule has 3 heteroatoms. The van der Waals surface area contributed by atoms with Gasteiger partial charge in [-0.25, -0.2) is 4.79 Å². The molecule has 0 saturated carbocycles. The lowest BCUT2D eigenvalue weighted by Crippen LogP contribution is -2.16. The molecule has 0 aliphatic carbocycles. The van der Waals surface area contributed by atoms with Crippen LogP contribution in [0.2, 0.25) is 0 Å². The predicted molar refractivity (Wildman–Crippen MR) is 67.6 cm³/mol. The summed E-state index contributed by atoms with van der Waals surface area (Å²) in [7, 11) is 1.31. The molecule has 0 aromatic heterocycles. The van der Waals surface area contributed by atoms with Gasteiger partial charge < -0.3 is 9.47 Å². The number of carbonyl (C=O) groups is 1. The summed E-state index contributed by atoms with van der Waals surface area (Å²) in [5, 5.41) is 0. The fourth-order valence-corrected chi connectivity index (χ4v) is 1.60. The van der Waals surface area contributed by atoms with Gasteiger partial charge in [-0.3, -0.25) is 0 Å². The summed E-state index contributed by atoms with van der Waals surface area (Å²) in [5.41, 5.74) is 2.17. The van der Waals surface area contributed by atoms with Crippen LogP contribution in [0.25, 0.3) is 0 Å². The molecule has 94 valence electrons. The normalized spacial score (nSPS) is 11.1. The number of hydrogen-bond donors (Lipinski definition) is 0. The van der Waals surface area contributed by atoms with Gasteiger partial charge >= 0.3 is 6.16 Å². The van der Waals surface area contributed by atoms with Crippen LogP contribution in [0, 0.1) is 0 Å².